The molecule has 0 spiro atoms. The fourth-order valence-corrected chi connectivity index (χ4v) is 3.11. The largest absolute Gasteiger partial charge is 0.336 e. The number of hydrogen-bond donors (Lipinski definition) is 1. The Balaban J connectivity index is 1.60. The van der Waals surface area contributed by atoms with E-state index in [1.165, 1.54) is 11.1 Å². The molecule has 29 heavy (non-hydrogen) atoms. The van der Waals surface area contributed by atoms with E-state index in [0.717, 1.165) is 16.8 Å². The summed E-state index contributed by atoms with van der Waals surface area (Å²) in [6.45, 7) is 4.21. The minimum Gasteiger partial charge on any atom is -0.336 e. The van der Waals surface area contributed by atoms with Gasteiger partial charge in [0.15, 0.2) is 0 Å². The Kier molecular flexibility index (Phi) is 6.07. The first-order chi connectivity index (χ1) is 13.9. The molecule has 0 saturated heterocycles. The van der Waals surface area contributed by atoms with E-state index in [9.17, 15) is 14.4 Å². The van der Waals surface area contributed by atoms with Gasteiger partial charge in [-0.05, 0) is 43.2 Å². The molecule has 0 unspecified atom stereocenters. The normalized spacial score (nSPS) is 10.7. The topological polar surface area (TPSA) is 84.3 Å². The number of aromatic nitrogens is 2. The Bertz CT molecular complexity index is 1120. The summed E-state index contributed by atoms with van der Waals surface area (Å²) in [5.74, 6) is -0.424. The van der Waals surface area contributed by atoms with E-state index in [-0.39, 0.29) is 30.2 Å². The summed E-state index contributed by atoms with van der Waals surface area (Å²) in [5.41, 5.74) is 3.38. The fraction of sp³-hybridized carbons (Fsp3) is 0.273. The van der Waals surface area contributed by atoms with Crippen molar-refractivity contribution >= 4 is 28.4 Å². The second kappa shape index (κ2) is 8.68. The van der Waals surface area contributed by atoms with Crippen LogP contribution in [0.4, 0.5) is 5.69 Å². The first-order valence-corrected chi connectivity index (χ1v) is 9.41. The summed E-state index contributed by atoms with van der Waals surface area (Å²) in [5, 5.41) is 7.55. The Hall–Kier alpha value is -3.48. The molecule has 2 amide bonds. The standard InChI is InChI=1S/C22H24N4O3/c1-15-7-6-9-18(16(15)2)24-21(28)14-25(3)22(29)11-12-26-19-10-5-4-8-17(19)20(27)13-23-26/h4-10,13H,11-12,14H2,1-3H3,(H,24,28). The number of carbonyl (C=O) groups is 2. The van der Waals surface area contributed by atoms with Crippen LogP contribution < -0.4 is 10.7 Å². The van der Waals surface area contributed by atoms with Gasteiger partial charge in [0, 0.05) is 24.5 Å². The van der Waals surface area contributed by atoms with Gasteiger partial charge in [-0.25, -0.2) is 0 Å². The van der Waals surface area contributed by atoms with E-state index in [1.807, 2.05) is 38.1 Å². The first kappa shape index (κ1) is 20.3. The zero-order valence-electron chi connectivity index (χ0n) is 16.8. The molecule has 0 bridgehead atoms. The van der Waals surface area contributed by atoms with Crippen LogP contribution in [0.3, 0.4) is 0 Å². The molecule has 7 heteroatoms. The average molecular weight is 392 g/mol. The number of fused-ring (bicyclic) bond motifs is 1. The van der Waals surface area contributed by atoms with E-state index in [1.54, 1.807) is 29.9 Å². The van der Waals surface area contributed by atoms with Crippen LogP contribution in [0.15, 0.2) is 53.5 Å². The van der Waals surface area contributed by atoms with Gasteiger partial charge in [-0.3, -0.25) is 19.1 Å². The molecule has 1 N–H and O–H groups in total. The van der Waals surface area contributed by atoms with Crippen molar-refractivity contribution in [2.45, 2.75) is 26.8 Å². The van der Waals surface area contributed by atoms with Crippen LogP contribution in [0, 0.1) is 13.8 Å². The lowest BCUT2D eigenvalue weighted by Gasteiger charge is -2.18. The number of carbonyl (C=O) groups excluding carboxylic acids is 2. The van der Waals surface area contributed by atoms with Gasteiger partial charge in [0.25, 0.3) is 0 Å². The van der Waals surface area contributed by atoms with Gasteiger partial charge < -0.3 is 10.2 Å². The monoisotopic (exact) mass is 392 g/mol. The number of hydrogen-bond acceptors (Lipinski definition) is 4. The molecule has 3 rings (SSSR count). The maximum atomic E-state index is 12.5. The van der Waals surface area contributed by atoms with E-state index in [2.05, 4.69) is 10.4 Å². The summed E-state index contributed by atoms with van der Waals surface area (Å²) in [6, 6.07) is 12.9. The quantitative estimate of drug-likeness (QED) is 0.699. The number of nitrogens with zero attached hydrogens (tertiary/aromatic N) is 3. The third-order valence-electron chi connectivity index (χ3n) is 4.98. The Morgan fingerprint density at radius 1 is 1.10 bits per heavy atom. The van der Waals surface area contributed by atoms with Gasteiger partial charge in [0.05, 0.1) is 24.8 Å². The van der Waals surface area contributed by atoms with Crippen molar-refractivity contribution in [2.75, 3.05) is 18.9 Å². The number of aryl methyl sites for hydroxylation is 2. The molecule has 0 fully saturated rings. The van der Waals surface area contributed by atoms with Crippen LogP contribution in [-0.2, 0) is 16.1 Å². The molecule has 7 nitrogen and oxygen atoms in total. The third kappa shape index (κ3) is 4.68. The lowest BCUT2D eigenvalue weighted by molar-refractivity contribution is -0.133. The van der Waals surface area contributed by atoms with Gasteiger partial charge in [-0.1, -0.05) is 24.3 Å². The Morgan fingerprint density at radius 2 is 1.86 bits per heavy atom. The van der Waals surface area contributed by atoms with Gasteiger partial charge in [-0.15, -0.1) is 0 Å². The zero-order chi connectivity index (χ0) is 21.0. The lowest BCUT2D eigenvalue weighted by atomic mass is 10.1. The molecule has 0 aliphatic carbocycles. The summed E-state index contributed by atoms with van der Waals surface area (Å²) in [4.78, 5) is 38.1. The minimum absolute atomic E-state index is 0.0371. The number of anilines is 1. The van der Waals surface area contributed by atoms with Crippen molar-refractivity contribution in [3.63, 3.8) is 0 Å². The number of para-hydroxylation sites is 1. The maximum Gasteiger partial charge on any atom is 0.243 e. The molecule has 1 heterocycles. The Labute approximate surface area is 169 Å². The van der Waals surface area contributed by atoms with Gasteiger partial charge >= 0.3 is 0 Å². The van der Waals surface area contributed by atoms with Crippen LogP contribution in [-0.4, -0.2) is 40.1 Å². The van der Waals surface area contributed by atoms with Crippen LogP contribution >= 0.6 is 0 Å². The smallest absolute Gasteiger partial charge is 0.243 e. The highest BCUT2D eigenvalue weighted by Crippen LogP contribution is 2.17. The van der Waals surface area contributed by atoms with E-state index < -0.39 is 0 Å². The van der Waals surface area contributed by atoms with Crippen molar-refractivity contribution in [3.8, 4) is 0 Å². The number of benzene rings is 2. The molecule has 0 atom stereocenters. The van der Waals surface area contributed by atoms with Crippen LogP contribution in [0.1, 0.15) is 17.5 Å². The van der Waals surface area contributed by atoms with Crippen LogP contribution in [0.25, 0.3) is 10.9 Å². The molecule has 0 saturated carbocycles. The second-order valence-corrected chi connectivity index (χ2v) is 7.04. The van der Waals surface area contributed by atoms with Gasteiger partial charge in [-0.2, -0.15) is 5.10 Å². The van der Waals surface area contributed by atoms with Crippen LogP contribution in [0.2, 0.25) is 0 Å². The van der Waals surface area contributed by atoms with Crippen molar-refractivity contribution in [1.29, 1.82) is 0 Å². The molecule has 0 radical (unpaired) electrons. The van der Waals surface area contributed by atoms with Crippen molar-refractivity contribution in [3.05, 3.63) is 70.0 Å². The summed E-state index contributed by atoms with van der Waals surface area (Å²) in [7, 11) is 1.60. The van der Waals surface area contributed by atoms with E-state index >= 15 is 0 Å². The summed E-state index contributed by atoms with van der Waals surface area (Å²) < 4.78 is 1.64. The minimum atomic E-state index is -0.249. The molecule has 2 aromatic carbocycles. The van der Waals surface area contributed by atoms with Gasteiger partial charge in [0.2, 0.25) is 17.2 Å². The molecule has 150 valence electrons. The molecular weight excluding hydrogens is 368 g/mol. The van der Waals surface area contributed by atoms with Crippen molar-refractivity contribution < 1.29 is 9.59 Å². The SMILES string of the molecule is Cc1cccc(NC(=O)CN(C)C(=O)CCn2ncc(=O)c3ccccc32)c1C. The van der Waals surface area contributed by atoms with Gasteiger partial charge in [0.1, 0.15) is 0 Å². The van der Waals surface area contributed by atoms with E-state index in [0.29, 0.717) is 17.4 Å². The number of rotatable bonds is 6. The second-order valence-electron chi connectivity index (χ2n) is 7.04. The molecule has 3 aromatic rings. The first-order valence-electron chi connectivity index (χ1n) is 9.41. The third-order valence-corrected chi connectivity index (χ3v) is 4.98. The highest BCUT2D eigenvalue weighted by molar-refractivity contribution is 5.95. The predicted molar refractivity (Wildman–Crippen MR) is 113 cm³/mol. The maximum absolute atomic E-state index is 12.5. The molecule has 0 aliphatic rings. The van der Waals surface area contributed by atoms with E-state index in [4.69, 9.17) is 0 Å². The fourth-order valence-electron chi connectivity index (χ4n) is 3.11. The number of likely N-dealkylation sites (N-methyl/N-ethyl adjacent to an activating group) is 1. The highest BCUT2D eigenvalue weighted by atomic mass is 16.2. The predicted octanol–water partition coefficient (Wildman–Crippen LogP) is 2.50. The summed E-state index contributed by atoms with van der Waals surface area (Å²) in [6.07, 6.45) is 1.43. The zero-order valence-corrected chi connectivity index (χ0v) is 16.8. The van der Waals surface area contributed by atoms with Crippen molar-refractivity contribution in [2.24, 2.45) is 0 Å². The lowest BCUT2D eigenvalue weighted by Crippen LogP contribution is -2.35. The molecule has 0 aliphatic heterocycles. The molecule has 1 aromatic heterocycles. The molecular formula is C22H24N4O3. The summed E-state index contributed by atoms with van der Waals surface area (Å²) >= 11 is 0. The van der Waals surface area contributed by atoms with Crippen LogP contribution in [0.5, 0.6) is 0 Å². The van der Waals surface area contributed by atoms with Crippen molar-refractivity contribution in [1.82, 2.24) is 14.7 Å². The highest BCUT2D eigenvalue weighted by Gasteiger charge is 2.15. The number of nitrogens with one attached hydrogen (secondary N) is 1. The Morgan fingerprint density at radius 3 is 2.66 bits per heavy atom. The number of amides is 2. The average Bonchev–Trinajstić information content (AvgIpc) is 2.71.